The van der Waals surface area contributed by atoms with E-state index in [1.54, 1.807) is 49.4 Å². The van der Waals surface area contributed by atoms with Crippen LogP contribution in [0.1, 0.15) is 34.2 Å². The Morgan fingerprint density at radius 2 is 1.78 bits per heavy atom. The Balaban J connectivity index is 1.52. The summed E-state index contributed by atoms with van der Waals surface area (Å²) in [6, 6.07) is 15.7. The maximum absolute atomic E-state index is 13.0. The first-order valence-corrected chi connectivity index (χ1v) is 12.6. The van der Waals surface area contributed by atoms with Crippen molar-refractivity contribution >= 4 is 58.1 Å². The van der Waals surface area contributed by atoms with E-state index in [2.05, 4.69) is 5.32 Å². The number of thioether (sulfide) groups is 1. The topological polar surface area (TPSA) is 97.7 Å². The van der Waals surface area contributed by atoms with Crippen molar-refractivity contribution in [3.05, 3.63) is 87.0 Å². The smallest absolute Gasteiger partial charge is 0.338 e. The van der Waals surface area contributed by atoms with Gasteiger partial charge in [-0.25, -0.2) is 4.79 Å². The third-order valence-electron chi connectivity index (χ3n) is 5.72. The van der Waals surface area contributed by atoms with E-state index in [0.717, 1.165) is 39.3 Å². The van der Waals surface area contributed by atoms with E-state index in [9.17, 15) is 19.2 Å². The second kappa shape index (κ2) is 11.1. The Morgan fingerprint density at radius 1 is 1.08 bits per heavy atom. The van der Waals surface area contributed by atoms with Gasteiger partial charge in [0.05, 0.1) is 27.8 Å². The van der Waals surface area contributed by atoms with Gasteiger partial charge in [-0.2, -0.15) is 0 Å². The van der Waals surface area contributed by atoms with Gasteiger partial charge in [0.25, 0.3) is 11.1 Å². The minimum atomic E-state index is -0.534. The van der Waals surface area contributed by atoms with Crippen LogP contribution in [0.5, 0.6) is 0 Å². The van der Waals surface area contributed by atoms with Crippen LogP contribution in [0.25, 0.3) is 11.8 Å². The van der Waals surface area contributed by atoms with E-state index in [-0.39, 0.29) is 10.9 Å². The van der Waals surface area contributed by atoms with Gasteiger partial charge in [-0.3, -0.25) is 19.3 Å². The number of rotatable bonds is 7. The summed E-state index contributed by atoms with van der Waals surface area (Å²) in [5.41, 5.74) is 4.22. The van der Waals surface area contributed by atoms with Crippen molar-refractivity contribution < 1.29 is 23.9 Å². The maximum atomic E-state index is 13.0. The van der Waals surface area contributed by atoms with Crippen molar-refractivity contribution in [3.63, 3.8) is 0 Å². The zero-order chi connectivity index (χ0) is 26.7. The van der Waals surface area contributed by atoms with Crippen LogP contribution in [0.3, 0.4) is 0 Å². The van der Waals surface area contributed by atoms with E-state index in [1.807, 2.05) is 36.6 Å². The third kappa shape index (κ3) is 5.63. The lowest BCUT2D eigenvalue weighted by atomic mass is 10.2. The molecule has 3 amide bonds. The van der Waals surface area contributed by atoms with E-state index >= 15 is 0 Å². The van der Waals surface area contributed by atoms with Gasteiger partial charge >= 0.3 is 5.97 Å². The zero-order valence-electron chi connectivity index (χ0n) is 20.4. The highest BCUT2D eigenvalue weighted by molar-refractivity contribution is 8.18. The summed E-state index contributed by atoms with van der Waals surface area (Å²) >= 11 is 6.86. The molecule has 0 radical (unpaired) electrons. The number of nitrogens with one attached hydrogen (secondary N) is 1. The van der Waals surface area contributed by atoms with Gasteiger partial charge in [-0.05, 0) is 86.6 Å². The van der Waals surface area contributed by atoms with Crippen molar-refractivity contribution in [2.24, 2.45) is 0 Å². The van der Waals surface area contributed by atoms with E-state index < -0.39 is 23.6 Å². The van der Waals surface area contributed by atoms with Gasteiger partial charge in [0.1, 0.15) is 6.54 Å². The van der Waals surface area contributed by atoms with Crippen molar-refractivity contribution in [2.45, 2.75) is 20.8 Å². The highest BCUT2D eigenvalue weighted by atomic mass is 35.5. The first kappa shape index (κ1) is 26.2. The number of carbonyl (C=O) groups excluding carboxylic acids is 4. The minimum Gasteiger partial charge on any atom is -0.462 e. The predicted molar refractivity (Wildman–Crippen MR) is 144 cm³/mol. The Morgan fingerprint density at radius 3 is 2.46 bits per heavy atom. The number of halogens is 1. The lowest BCUT2D eigenvalue weighted by molar-refractivity contribution is -0.127. The average molecular weight is 538 g/mol. The number of nitrogens with zero attached hydrogens (tertiary/aromatic N) is 2. The summed E-state index contributed by atoms with van der Waals surface area (Å²) < 4.78 is 7.02. The lowest BCUT2D eigenvalue weighted by Gasteiger charge is -2.13. The van der Waals surface area contributed by atoms with Crippen LogP contribution in [-0.4, -0.2) is 45.6 Å². The maximum Gasteiger partial charge on any atom is 0.338 e. The Hall–Kier alpha value is -3.82. The molecule has 1 aliphatic rings. The quantitative estimate of drug-likeness (QED) is 0.311. The second-order valence-corrected chi connectivity index (χ2v) is 9.63. The molecule has 1 N–H and O–H groups in total. The van der Waals surface area contributed by atoms with Gasteiger partial charge in [0.15, 0.2) is 0 Å². The fourth-order valence-corrected chi connectivity index (χ4v) is 4.98. The van der Waals surface area contributed by atoms with Crippen LogP contribution in [0.2, 0.25) is 5.02 Å². The first-order valence-electron chi connectivity index (χ1n) is 11.5. The number of benzene rings is 2. The molecule has 8 nitrogen and oxygen atoms in total. The number of para-hydroxylation sites is 1. The highest BCUT2D eigenvalue weighted by Crippen LogP contribution is 2.34. The molecule has 4 rings (SSSR count). The zero-order valence-corrected chi connectivity index (χ0v) is 22.0. The number of amides is 3. The fourth-order valence-electron chi connectivity index (χ4n) is 3.97. The van der Waals surface area contributed by atoms with Crippen LogP contribution < -0.4 is 5.32 Å². The van der Waals surface area contributed by atoms with E-state index in [0.29, 0.717) is 22.9 Å². The van der Waals surface area contributed by atoms with Gasteiger partial charge in [0.2, 0.25) is 5.91 Å². The van der Waals surface area contributed by atoms with Crippen molar-refractivity contribution in [1.29, 1.82) is 0 Å². The number of imide groups is 1. The molecule has 0 spiro atoms. The summed E-state index contributed by atoms with van der Waals surface area (Å²) in [7, 11) is 0. The van der Waals surface area contributed by atoms with Crippen LogP contribution in [0.4, 0.5) is 10.5 Å². The number of hydrogen-bond donors (Lipinski definition) is 1. The molecule has 2 aromatic carbocycles. The first-order chi connectivity index (χ1) is 17.7. The molecule has 1 fully saturated rings. The molecule has 0 atom stereocenters. The summed E-state index contributed by atoms with van der Waals surface area (Å²) in [6.07, 6.45) is 1.66. The SMILES string of the molecule is CCOC(=O)c1ccc(-n2c(C)cc(/C=C3/SC(=O)N(CC(=O)Nc4ccccc4Cl)C3=O)c2C)cc1. The normalized spacial score (nSPS) is 14.4. The highest BCUT2D eigenvalue weighted by Gasteiger charge is 2.36. The van der Waals surface area contributed by atoms with Crippen molar-refractivity contribution in [2.75, 3.05) is 18.5 Å². The Bertz CT molecular complexity index is 1430. The predicted octanol–water partition coefficient (Wildman–Crippen LogP) is 5.60. The average Bonchev–Trinajstić information content (AvgIpc) is 3.29. The largest absolute Gasteiger partial charge is 0.462 e. The summed E-state index contributed by atoms with van der Waals surface area (Å²) in [5.74, 6) is -1.44. The number of hydrogen-bond acceptors (Lipinski definition) is 6. The second-order valence-electron chi connectivity index (χ2n) is 8.23. The van der Waals surface area contributed by atoms with Crippen LogP contribution in [0, 0.1) is 13.8 Å². The molecule has 1 aromatic heterocycles. The molecule has 1 aliphatic heterocycles. The standard InChI is InChI=1S/C27H24ClN3O5S/c1-4-36-26(34)18-9-11-20(12-10-18)31-16(2)13-19(17(31)3)14-23-25(33)30(27(35)37-23)15-24(32)29-22-8-6-5-7-21(22)28/h5-14H,4,15H2,1-3H3,(H,29,32)/b23-14+. The summed E-state index contributed by atoms with van der Waals surface area (Å²) in [4.78, 5) is 51.0. The monoisotopic (exact) mass is 537 g/mol. The molecule has 0 saturated carbocycles. The fraction of sp³-hybridized carbons (Fsp3) is 0.185. The van der Waals surface area contributed by atoms with Crippen molar-refractivity contribution in [1.82, 2.24) is 9.47 Å². The van der Waals surface area contributed by atoms with Gasteiger partial charge in [-0.1, -0.05) is 23.7 Å². The molecule has 3 aromatic rings. The Kier molecular flexibility index (Phi) is 7.85. The summed E-state index contributed by atoms with van der Waals surface area (Å²) in [5, 5.41) is 2.46. The van der Waals surface area contributed by atoms with Gasteiger partial charge in [-0.15, -0.1) is 0 Å². The minimum absolute atomic E-state index is 0.230. The number of aromatic nitrogens is 1. The van der Waals surface area contributed by atoms with Crippen LogP contribution in [-0.2, 0) is 14.3 Å². The Labute approximate surface area is 223 Å². The van der Waals surface area contributed by atoms with E-state index in [4.69, 9.17) is 16.3 Å². The molecule has 0 unspecified atom stereocenters. The molecule has 1 saturated heterocycles. The van der Waals surface area contributed by atoms with Gasteiger partial charge in [0, 0.05) is 17.1 Å². The molecule has 190 valence electrons. The molecule has 0 bridgehead atoms. The van der Waals surface area contributed by atoms with Crippen LogP contribution in [0.15, 0.2) is 59.5 Å². The van der Waals surface area contributed by atoms with Crippen molar-refractivity contribution in [3.8, 4) is 5.69 Å². The number of anilines is 1. The molecule has 2 heterocycles. The lowest BCUT2D eigenvalue weighted by Crippen LogP contribution is -2.36. The summed E-state index contributed by atoms with van der Waals surface area (Å²) in [6.45, 7) is 5.47. The number of ether oxygens (including phenoxy) is 1. The molecule has 0 aliphatic carbocycles. The van der Waals surface area contributed by atoms with Gasteiger partial charge < -0.3 is 14.6 Å². The third-order valence-corrected chi connectivity index (χ3v) is 6.95. The number of esters is 1. The van der Waals surface area contributed by atoms with Crippen LogP contribution >= 0.6 is 23.4 Å². The molecular formula is C27H24ClN3O5S. The molecule has 37 heavy (non-hydrogen) atoms. The van der Waals surface area contributed by atoms with E-state index in [1.165, 1.54) is 0 Å². The number of carbonyl (C=O) groups is 4. The molecule has 10 heteroatoms. The molecular weight excluding hydrogens is 514 g/mol. The number of aryl methyl sites for hydroxylation is 1.